The Morgan fingerprint density at radius 2 is 1.87 bits per heavy atom. The summed E-state index contributed by atoms with van der Waals surface area (Å²) in [5, 5.41) is 10.4. The minimum absolute atomic E-state index is 0.141. The number of halogens is 3. The Labute approximate surface area is 175 Å². The molecular formula is C26H24F3N. The van der Waals surface area contributed by atoms with Crippen molar-refractivity contribution in [2.45, 2.75) is 57.8 Å². The minimum atomic E-state index is -0.844. The minimum Gasteiger partial charge on any atom is -0.206 e. The van der Waals surface area contributed by atoms with Crippen LogP contribution in [0.15, 0.2) is 36.4 Å². The maximum Gasteiger partial charge on any atom is 0.147 e. The topological polar surface area (TPSA) is 23.8 Å². The molecule has 0 saturated carbocycles. The van der Waals surface area contributed by atoms with Crippen LogP contribution in [0.1, 0.15) is 66.3 Å². The Morgan fingerprint density at radius 1 is 1.03 bits per heavy atom. The zero-order valence-corrected chi connectivity index (χ0v) is 17.1. The number of aryl methyl sites for hydroxylation is 1. The highest BCUT2D eigenvalue weighted by molar-refractivity contribution is 5.84. The highest BCUT2D eigenvalue weighted by Crippen LogP contribution is 2.38. The van der Waals surface area contributed by atoms with Crippen molar-refractivity contribution < 1.29 is 13.2 Å². The lowest BCUT2D eigenvalue weighted by Crippen LogP contribution is -2.17. The molecule has 0 bridgehead atoms. The number of nitriles is 1. The molecule has 154 valence electrons. The van der Waals surface area contributed by atoms with Crippen LogP contribution in [0.2, 0.25) is 0 Å². The summed E-state index contributed by atoms with van der Waals surface area (Å²) >= 11 is 0. The van der Waals surface area contributed by atoms with E-state index in [1.165, 1.54) is 24.5 Å². The van der Waals surface area contributed by atoms with Crippen molar-refractivity contribution in [3.05, 3.63) is 81.7 Å². The van der Waals surface area contributed by atoms with Crippen LogP contribution in [-0.2, 0) is 19.3 Å². The maximum absolute atomic E-state index is 15.4. The molecule has 0 spiro atoms. The van der Waals surface area contributed by atoms with Gasteiger partial charge in [-0.3, -0.25) is 0 Å². The van der Waals surface area contributed by atoms with E-state index < -0.39 is 17.2 Å². The summed E-state index contributed by atoms with van der Waals surface area (Å²) in [4.78, 5) is 0. The fraction of sp³-hybridized carbons (Fsp3) is 0.346. The molecule has 1 atom stereocenters. The van der Waals surface area contributed by atoms with E-state index in [4.69, 9.17) is 5.26 Å². The van der Waals surface area contributed by atoms with Gasteiger partial charge in [-0.15, -0.1) is 0 Å². The second-order valence-electron chi connectivity index (χ2n) is 8.22. The highest BCUT2D eigenvalue weighted by atomic mass is 19.1. The van der Waals surface area contributed by atoms with Gasteiger partial charge >= 0.3 is 0 Å². The quantitative estimate of drug-likeness (QED) is 0.413. The van der Waals surface area contributed by atoms with Gasteiger partial charge < -0.3 is 0 Å². The van der Waals surface area contributed by atoms with Gasteiger partial charge in [-0.1, -0.05) is 50.1 Å². The third kappa shape index (κ3) is 3.69. The number of nitrogens with zero attached hydrogens (tertiary/aromatic N) is 1. The van der Waals surface area contributed by atoms with Crippen LogP contribution in [0.5, 0.6) is 0 Å². The van der Waals surface area contributed by atoms with Crippen molar-refractivity contribution in [3.8, 4) is 6.07 Å². The van der Waals surface area contributed by atoms with Crippen molar-refractivity contribution in [1.82, 2.24) is 0 Å². The molecule has 0 fully saturated rings. The monoisotopic (exact) mass is 407 g/mol. The molecule has 1 aliphatic carbocycles. The predicted octanol–water partition coefficient (Wildman–Crippen LogP) is 7.13. The normalized spacial score (nSPS) is 15.8. The van der Waals surface area contributed by atoms with E-state index >= 15 is 4.39 Å². The van der Waals surface area contributed by atoms with Gasteiger partial charge in [0, 0.05) is 5.39 Å². The van der Waals surface area contributed by atoms with Crippen molar-refractivity contribution in [2.75, 3.05) is 0 Å². The van der Waals surface area contributed by atoms with Gasteiger partial charge in [0.1, 0.15) is 29.1 Å². The molecule has 1 nitrogen and oxygen atoms in total. The highest BCUT2D eigenvalue weighted by Gasteiger charge is 2.28. The summed E-state index contributed by atoms with van der Waals surface area (Å²) in [5.41, 5.74) is 2.21. The van der Waals surface area contributed by atoms with Crippen LogP contribution >= 0.6 is 0 Å². The Kier molecular flexibility index (Phi) is 5.81. The summed E-state index contributed by atoms with van der Waals surface area (Å²) in [6.45, 7) is 2.17. The maximum atomic E-state index is 15.4. The number of fused-ring (bicyclic) bond motifs is 2. The largest absolute Gasteiger partial charge is 0.206 e. The van der Waals surface area contributed by atoms with Gasteiger partial charge in [0.2, 0.25) is 0 Å². The number of hydrogen-bond acceptors (Lipinski definition) is 1. The molecule has 1 unspecified atom stereocenters. The zero-order valence-electron chi connectivity index (χ0n) is 17.1. The second kappa shape index (κ2) is 8.52. The molecule has 0 heterocycles. The molecule has 0 N–H and O–H groups in total. The summed E-state index contributed by atoms with van der Waals surface area (Å²) in [6.07, 6.45) is 5.78. The van der Waals surface area contributed by atoms with E-state index in [0.717, 1.165) is 18.2 Å². The first-order valence-corrected chi connectivity index (χ1v) is 10.6. The molecule has 0 saturated heterocycles. The average Bonchev–Trinajstić information content (AvgIpc) is 2.74. The van der Waals surface area contributed by atoms with Crippen molar-refractivity contribution >= 4 is 10.8 Å². The van der Waals surface area contributed by atoms with Crippen LogP contribution in [0, 0.1) is 28.8 Å². The van der Waals surface area contributed by atoms with Crippen LogP contribution in [0.3, 0.4) is 0 Å². The number of hydrogen-bond donors (Lipinski definition) is 0. The van der Waals surface area contributed by atoms with Crippen LogP contribution < -0.4 is 0 Å². The molecule has 0 radical (unpaired) electrons. The Bertz CT molecular complexity index is 1140. The molecule has 0 amide bonds. The van der Waals surface area contributed by atoms with Crippen LogP contribution in [0.4, 0.5) is 13.2 Å². The Morgan fingerprint density at radius 3 is 2.63 bits per heavy atom. The molecular weight excluding hydrogens is 383 g/mol. The van der Waals surface area contributed by atoms with Crippen molar-refractivity contribution in [3.63, 3.8) is 0 Å². The van der Waals surface area contributed by atoms with Crippen LogP contribution in [-0.4, -0.2) is 0 Å². The molecule has 0 aliphatic heterocycles. The van der Waals surface area contributed by atoms with E-state index in [9.17, 15) is 8.78 Å². The van der Waals surface area contributed by atoms with E-state index in [-0.39, 0.29) is 11.7 Å². The summed E-state index contributed by atoms with van der Waals surface area (Å²) in [5.74, 6) is -1.99. The molecule has 3 aromatic rings. The van der Waals surface area contributed by atoms with Crippen LogP contribution in [0.25, 0.3) is 10.8 Å². The van der Waals surface area contributed by atoms with E-state index in [1.807, 2.05) is 24.3 Å². The van der Waals surface area contributed by atoms with Crippen molar-refractivity contribution in [2.24, 2.45) is 0 Å². The lowest BCUT2D eigenvalue weighted by molar-refractivity contribution is 0.505. The number of rotatable bonds is 5. The van der Waals surface area contributed by atoms with E-state index in [2.05, 4.69) is 13.0 Å². The standard InChI is InChI=1S/C26H24F3N/c1-2-3-4-5-16-6-9-20-17(12-16)7-10-21(25(20)28)18-8-11-22-19(13-18)14-24(27)23(15-30)26(22)29/h6-7,9-10,12,14,18H,2-5,8,11,13H2,1H3. The number of benzene rings is 3. The fourth-order valence-electron chi connectivity index (χ4n) is 4.62. The van der Waals surface area contributed by atoms with Gasteiger partial charge in [0.25, 0.3) is 0 Å². The lowest BCUT2D eigenvalue weighted by atomic mass is 9.78. The first kappa shape index (κ1) is 20.5. The first-order valence-electron chi connectivity index (χ1n) is 10.6. The van der Waals surface area contributed by atoms with Gasteiger partial charge in [-0.2, -0.15) is 5.26 Å². The first-order chi connectivity index (χ1) is 14.5. The third-order valence-corrected chi connectivity index (χ3v) is 6.29. The molecule has 4 rings (SSSR count). The third-order valence-electron chi connectivity index (χ3n) is 6.29. The summed E-state index contributed by atoms with van der Waals surface area (Å²) in [6, 6.07) is 12.5. The molecule has 3 aromatic carbocycles. The van der Waals surface area contributed by atoms with Gasteiger partial charge in [0.15, 0.2) is 0 Å². The van der Waals surface area contributed by atoms with E-state index in [1.54, 1.807) is 6.07 Å². The Hall–Kier alpha value is -2.80. The van der Waals surface area contributed by atoms with Gasteiger partial charge in [0.05, 0.1) is 0 Å². The van der Waals surface area contributed by atoms with Gasteiger partial charge in [-0.05, 0) is 71.7 Å². The predicted molar refractivity (Wildman–Crippen MR) is 113 cm³/mol. The molecule has 30 heavy (non-hydrogen) atoms. The number of unbranched alkanes of at least 4 members (excludes halogenated alkanes) is 2. The summed E-state index contributed by atoms with van der Waals surface area (Å²) in [7, 11) is 0. The average molecular weight is 407 g/mol. The Balaban J connectivity index is 1.63. The van der Waals surface area contributed by atoms with E-state index in [0.29, 0.717) is 41.3 Å². The summed E-state index contributed by atoms with van der Waals surface area (Å²) < 4.78 is 43.9. The fourth-order valence-corrected chi connectivity index (χ4v) is 4.62. The zero-order chi connectivity index (χ0) is 21.3. The second-order valence-corrected chi connectivity index (χ2v) is 8.22. The molecule has 1 aliphatic rings. The molecule has 4 heteroatoms. The van der Waals surface area contributed by atoms with Gasteiger partial charge in [-0.25, -0.2) is 13.2 Å². The lowest BCUT2D eigenvalue weighted by Gasteiger charge is -2.26. The SMILES string of the molecule is CCCCCc1ccc2c(F)c(C3CCc4c(cc(F)c(C#N)c4F)C3)ccc2c1. The molecule has 0 aromatic heterocycles. The smallest absolute Gasteiger partial charge is 0.147 e. The van der Waals surface area contributed by atoms with Crippen molar-refractivity contribution in [1.29, 1.82) is 5.26 Å².